The lowest BCUT2D eigenvalue weighted by atomic mass is 10.2. The highest BCUT2D eigenvalue weighted by Crippen LogP contribution is 2.47. The number of halogens is 1. The summed E-state index contributed by atoms with van der Waals surface area (Å²) in [4.78, 5) is 0. The molecule has 62 valence electrons. The Hall–Kier alpha value is 0.720. The van der Waals surface area contributed by atoms with Gasteiger partial charge in [-0.15, -0.1) is 0 Å². The summed E-state index contributed by atoms with van der Waals surface area (Å²) in [6.07, 6.45) is 2.51. The molecular weight excluding hydrogens is 163 g/mol. The number of rotatable bonds is 4. The molecule has 1 atom stereocenters. The van der Waals surface area contributed by atoms with E-state index in [-0.39, 0.29) is 7.27 Å². The van der Waals surface area contributed by atoms with E-state index >= 15 is 0 Å². The molecule has 0 spiro atoms. The molecule has 0 fully saturated rings. The van der Waals surface area contributed by atoms with Gasteiger partial charge in [0.2, 0.25) is 0 Å². The zero-order valence-corrected chi connectivity index (χ0v) is 9.04. The maximum absolute atomic E-state index is 6.12. The molecule has 0 aromatic heterocycles. The minimum absolute atomic E-state index is 0.200. The van der Waals surface area contributed by atoms with E-state index in [1.807, 2.05) is 0 Å². The molecule has 0 saturated heterocycles. The maximum atomic E-state index is 6.12. The molecule has 0 rings (SSSR count). The molecule has 10 heavy (non-hydrogen) atoms. The number of hydrogen-bond acceptors (Lipinski definition) is 0. The van der Waals surface area contributed by atoms with E-state index < -0.39 is 0 Å². The van der Waals surface area contributed by atoms with Gasteiger partial charge in [-0.1, -0.05) is 38.9 Å². The van der Waals surface area contributed by atoms with Crippen molar-refractivity contribution in [3.05, 3.63) is 0 Å². The van der Waals surface area contributed by atoms with Gasteiger partial charge in [0, 0.05) is 0 Å². The third-order valence-electron chi connectivity index (χ3n) is 1.48. The molecule has 0 aliphatic heterocycles. The largest absolute Gasteiger partial charge is 0.0962 e. The smallest absolute Gasteiger partial charge is 0.00711 e. The summed E-state index contributed by atoms with van der Waals surface area (Å²) in [6.45, 7) is 8.92. The molecular formula is C8H18ClP. The van der Waals surface area contributed by atoms with Crippen LogP contribution in [0.4, 0.5) is 0 Å². The van der Waals surface area contributed by atoms with E-state index in [4.69, 9.17) is 11.2 Å². The van der Waals surface area contributed by atoms with Gasteiger partial charge in [0.1, 0.15) is 0 Å². The Morgan fingerprint density at radius 1 is 1.20 bits per heavy atom. The summed E-state index contributed by atoms with van der Waals surface area (Å²) in [5.74, 6) is 0.808. The third kappa shape index (κ3) is 5.50. The molecule has 0 bridgehead atoms. The Bertz CT molecular complexity index is 81.3. The van der Waals surface area contributed by atoms with Gasteiger partial charge in [-0.2, -0.15) is 0 Å². The second-order valence-electron chi connectivity index (χ2n) is 3.40. The van der Waals surface area contributed by atoms with Crippen molar-refractivity contribution in [1.29, 1.82) is 0 Å². The van der Waals surface area contributed by atoms with Gasteiger partial charge < -0.3 is 0 Å². The lowest BCUT2D eigenvalue weighted by molar-refractivity contribution is 0.630. The highest BCUT2D eigenvalue weighted by atomic mass is 35.7. The fourth-order valence-electron chi connectivity index (χ4n) is 0.640. The van der Waals surface area contributed by atoms with Crippen molar-refractivity contribution >= 4 is 18.5 Å². The second-order valence-corrected chi connectivity index (χ2v) is 6.98. The Labute approximate surface area is 70.9 Å². The Morgan fingerprint density at radius 2 is 1.70 bits per heavy atom. The first-order valence-electron chi connectivity index (χ1n) is 3.96. The summed E-state index contributed by atoms with van der Waals surface area (Å²) in [5, 5.41) is 0. The van der Waals surface area contributed by atoms with Crippen LogP contribution >= 0.6 is 18.5 Å². The van der Waals surface area contributed by atoms with Gasteiger partial charge in [-0.05, 0) is 31.4 Å². The van der Waals surface area contributed by atoms with Crippen LogP contribution in [0.2, 0.25) is 0 Å². The third-order valence-corrected chi connectivity index (χ3v) is 4.96. The molecule has 2 heteroatoms. The molecule has 0 aromatic rings. The van der Waals surface area contributed by atoms with Crippen molar-refractivity contribution in [3.63, 3.8) is 0 Å². The second kappa shape index (κ2) is 5.38. The summed E-state index contributed by atoms with van der Waals surface area (Å²) in [6, 6.07) is 0. The van der Waals surface area contributed by atoms with Gasteiger partial charge in [0.05, 0.1) is 0 Å². The molecule has 0 N–H and O–H groups in total. The van der Waals surface area contributed by atoms with Gasteiger partial charge in [-0.25, -0.2) is 0 Å². The summed E-state index contributed by atoms with van der Waals surface area (Å²) < 4.78 is 0. The average Bonchev–Trinajstić information content (AvgIpc) is 1.82. The SMILES string of the molecule is CC(C)CCP(Cl)C(C)C. The normalized spacial score (nSPS) is 14.7. The van der Waals surface area contributed by atoms with Crippen LogP contribution in [-0.2, 0) is 0 Å². The van der Waals surface area contributed by atoms with Crippen molar-refractivity contribution in [2.45, 2.75) is 39.8 Å². The van der Waals surface area contributed by atoms with Crippen LogP contribution in [0.1, 0.15) is 34.1 Å². The van der Waals surface area contributed by atoms with E-state index in [1.54, 1.807) is 0 Å². The van der Waals surface area contributed by atoms with Gasteiger partial charge in [-0.3, -0.25) is 0 Å². The quantitative estimate of drug-likeness (QED) is 0.572. The Kier molecular flexibility index (Phi) is 5.77. The molecule has 0 saturated carbocycles. The van der Waals surface area contributed by atoms with Gasteiger partial charge in [0.25, 0.3) is 0 Å². The van der Waals surface area contributed by atoms with Crippen LogP contribution in [0.25, 0.3) is 0 Å². The van der Waals surface area contributed by atoms with E-state index in [9.17, 15) is 0 Å². The Balaban J connectivity index is 3.30. The van der Waals surface area contributed by atoms with Crippen molar-refractivity contribution in [2.24, 2.45) is 5.92 Å². The lowest BCUT2D eigenvalue weighted by Gasteiger charge is -2.14. The fourth-order valence-corrected chi connectivity index (χ4v) is 2.21. The predicted octanol–water partition coefficient (Wildman–Crippen LogP) is 4.08. The van der Waals surface area contributed by atoms with Crippen LogP contribution < -0.4 is 0 Å². The molecule has 0 heterocycles. The molecule has 0 aliphatic rings. The van der Waals surface area contributed by atoms with Crippen LogP contribution in [0.3, 0.4) is 0 Å². The summed E-state index contributed by atoms with van der Waals surface area (Å²) >= 11 is 6.12. The summed E-state index contributed by atoms with van der Waals surface area (Å²) in [7, 11) is -0.200. The highest BCUT2D eigenvalue weighted by molar-refractivity contribution is 7.84. The monoisotopic (exact) mass is 180 g/mol. The maximum Gasteiger partial charge on any atom is -0.00711 e. The summed E-state index contributed by atoms with van der Waals surface area (Å²) in [5.41, 5.74) is 0.690. The van der Waals surface area contributed by atoms with Gasteiger partial charge in [0.15, 0.2) is 0 Å². The first-order valence-corrected chi connectivity index (χ1v) is 6.46. The first-order chi connectivity index (χ1) is 4.54. The van der Waals surface area contributed by atoms with Crippen LogP contribution in [-0.4, -0.2) is 11.8 Å². The highest BCUT2D eigenvalue weighted by Gasteiger charge is 2.08. The van der Waals surface area contributed by atoms with Crippen LogP contribution in [0.5, 0.6) is 0 Å². The molecule has 0 amide bonds. The zero-order valence-electron chi connectivity index (χ0n) is 7.39. The van der Waals surface area contributed by atoms with Crippen molar-refractivity contribution in [3.8, 4) is 0 Å². The minimum atomic E-state index is -0.200. The van der Waals surface area contributed by atoms with E-state index in [0.717, 1.165) is 5.92 Å². The predicted molar refractivity (Wildman–Crippen MR) is 52.2 cm³/mol. The van der Waals surface area contributed by atoms with E-state index in [2.05, 4.69) is 27.7 Å². The van der Waals surface area contributed by atoms with E-state index in [1.165, 1.54) is 12.6 Å². The molecule has 0 aromatic carbocycles. The topological polar surface area (TPSA) is 0 Å². The average molecular weight is 181 g/mol. The standard InChI is InChI=1S/C8H18ClP/c1-7(2)5-6-10(9)8(3)4/h7-8H,5-6H2,1-4H3. The van der Waals surface area contributed by atoms with Crippen molar-refractivity contribution in [1.82, 2.24) is 0 Å². The first kappa shape index (κ1) is 10.7. The lowest BCUT2D eigenvalue weighted by Crippen LogP contribution is -1.95. The number of hydrogen-bond donors (Lipinski definition) is 0. The van der Waals surface area contributed by atoms with Crippen molar-refractivity contribution < 1.29 is 0 Å². The van der Waals surface area contributed by atoms with Crippen LogP contribution in [0.15, 0.2) is 0 Å². The molecule has 0 nitrogen and oxygen atoms in total. The Morgan fingerprint density at radius 3 is 2.00 bits per heavy atom. The van der Waals surface area contributed by atoms with Crippen molar-refractivity contribution in [2.75, 3.05) is 6.16 Å². The molecule has 0 aliphatic carbocycles. The van der Waals surface area contributed by atoms with Crippen LogP contribution in [0, 0.1) is 5.92 Å². The van der Waals surface area contributed by atoms with E-state index in [0.29, 0.717) is 5.66 Å². The minimum Gasteiger partial charge on any atom is -0.0962 e. The zero-order chi connectivity index (χ0) is 8.15. The van der Waals surface area contributed by atoms with Gasteiger partial charge >= 0.3 is 0 Å². The molecule has 1 unspecified atom stereocenters. The fraction of sp³-hybridized carbons (Fsp3) is 1.00. The molecule has 0 radical (unpaired) electrons.